The van der Waals surface area contributed by atoms with Crippen LogP contribution in [0, 0.1) is 0 Å². The van der Waals surface area contributed by atoms with Gasteiger partial charge in [0.15, 0.2) is 0 Å². The minimum atomic E-state index is -1.10. The lowest BCUT2D eigenvalue weighted by atomic mass is 9.87. The second-order valence-corrected chi connectivity index (χ2v) is 11.2. The van der Waals surface area contributed by atoms with Crippen LogP contribution in [-0.2, 0) is 32.1 Å². The SMILES string of the molecule is CCc1ccc(C(C(=O)NCc2ccccc2)N(C(=O)C(CCC(N)=O)NC(=O)OC(C)(C)C)C2CCC2)cc1. The zero-order valence-electron chi connectivity index (χ0n) is 23.9. The molecule has 2 atom stereocenters. The van der Waals surface area contributed by atoms with Crippen LogP contribution in [0.5, 0.6) is 0 Å². The lowest BCUT2D eigenvalue weighted by Crippen LogP contribution is -2.57. The number of nitrogens with two attached hydrogens (primary N) is 1. The van der Waals surface area contributed by atoms with E-state index in [1.807, 2.05) is 54.6 Å². The number of nitrogens with zero attached hydrogens (tertiary/aromatic N) is 1. The molecule has 9 nitrogen and oxygen atoms in total. The number of amides is 4. The Hall–Kier alpha value is -3.88. The molecule has 0 heterocycles. The molecule has 4 N–H and O–H groups in total. The number of benzene rings is 2. The van der Waals surface area contributed by atoms with Crippen molar-refractivity contribution in [3.63, 3.8) is 0 Å². The number of primary amides is 1. The molecule has 2 aromatic rings. The third kappa shape index (κ3) is 8.83. The van der Waals surface area contributed by atoms with Gasteiger partial charge in [-0.05, 0) is 69.6 Å². The van der Waals surface area contributed by atoms with Crippen molar-refractivity contribution in [2.75, 3.05) is 0 Å². The third-order valence-corrected chi connectivity index (χ3v) is 6.93. The zero-order valence-corrected chi connectivity index (χ0v) is 23.9. The Morgan fingerprint density at radius 2 is 1.65 bits per heavy atom. The Balaban J connectivity index is 1.97. The highest BCUT2D eigenvalue weighted by molar-refractivity contribution is 5.92. The minimum absolute atomic E-state index is 0.0102. The van der Waals surface area contributed by atoms with E-state index in [-0.39, 0.29) is 24.8 Å². The van der Waals surface area contributed by atoms with E-state index in [0.717, 1.165) is 36.8 Å². The van der Waals surface area contributed by atoms with Crippen LogP contribution >= 0.6 is 0 Å². The Labute approximate surface area is 236 Å². The summed E-state index contributed by atoms with van der Waals surface area (Å²) in [6.07, 6.45) is 2.33. The Morgan fingerprint density at radius 1 is 1.00 bits per heavy atom. The molecule has 3 rings (SSSR count). The molecule has 1 aliphatic carbocycles. The zero-order chi connectivity index (χ0) is 29.3. The number of aryl methyl sites for hydroxylation is 1. The topological polar surface area (TPSA) is 131 Å². The van der Waals surface area contributed by atoms with Crippen LogP contribution < -0.4 is 16.4 Å². The predicted molar refractivity (Wildman–Crippen MR) is 153 cm³/mol. The van der Waals surface area contributed by atoms with Crippen LogP contribution in [0.25, 0.3) is 0 Å². The summed E-state index contributed by atoms with van der Waals surface area (Å²) in [7, 11) is 0. The lowest BCUT2D eigenvalue weighted by Gasteiger charge is -2.43. The van der Waals surface area contributed by atoms with Gasteiger partial charge in [0.1, 0.15) is 17.7 Å². The van der Waals surface area contributed by atoms with E-state index >= 15 is 0 Å². The summed E-state index contributed by atoms with van der Waals surface area (Å²) in [6, 6.07) is 15.0. The molecular weight excluding hydrogens is 508 g/mol. The molecule has 40 heavy (non-hydrogen) atoms. The van der Waals surface area contributed by atoms with Crippen molar-refractivity contribution in [3.05, 3.63) is 71.3 Å². The lowest BCUT2D eigenvalue weighted by molar-refractivity contribution is -0.147. The summed E-state index contributed by atoms with van der Waals surface area (Å²) in [5.41, 5.74) is 7.33. The number of hydrogen-bond acceptors (Lipinski definition) is 5. The first kappa shape index (κ1) is 30.7. The predicted octanol–water partition coefficient (Wildman–Crippen LogP) is 4.15. The van der Waals surface area contributed by atoms with E-state index in [0.29, 0.717) is 12.1 Å². The van der Waals surface area contributed by atoms with Crippen LogP contribution in [0.15, 0.2) is 54.6 Å². The maximum Gasteiger partial charge on any atom is 0.408 e. The van der Waals surface area contributed by atoms with E-state index in [1.54, 1.807) is 25.7 Å². The molecule has 9 heteroatoms. The van der Waals surface area contributed by atoms with E-state index < -0.39 is 35.6 Å². The van der Waals surface area contributed by atoms with Gasteiger partial charge in [0.25, 0.3) is 0 Å². The number of alkyl carbamates (subject to hydrolysis) is 1. The molecule has 0 radical (unpaired) electrons. The molecule has 0 aromatic heterocycles. The highest BCUT2D eigenvalue weighted by atomic mass is 16.6. The number of carbonyl (C=O) groups excluding carboxylic acids is 4. The summed E-state index contributed by atoms with van der Waals surface area (Å²) in [6.45, 7) is 7.52. The largest absolute Gasteiger partial charge is 0.444 e. The van der Waals surface area contributed by atoms with Gasteiger partial charge in [-0.1, -0.05) is 61.5 Å². The first-order valence-corrected chi connectivity index (χ1v) is 14.0. The van der Waals surface area contributed by atoms with Crippen molar-refractivity contribution in [2.45, 2.75) is 96.5 Å². The second kappa shape index (κ2) is 14.0. The van der Waals surface area contributed by atoms with Crippen LogP contribution in [0.4, 0.5) is 4.79 Å². The van der Waals surface area contributed by atoms with Crippen molar-refractivity contribution in [3.8, 4) is 0 Å². The molecule has 2 aromatic carbocycles. The fraction of sp³-hybridized carbons (Fsp3) is 0.484. The molecular formula is C31H42N4O5. The maximum absolute atomic E-state index is 14.2. The number of carbonyl (C=O) groups is 4. The summed E-state index contributed by atoms with van der Waals surface area (Å²) >= 11 is 0. The fourth-order valence-corrected chi connectivity index (χ4v) is 4.61. The van der Waals surface area contributed by atoms with Gasteiger partial charge < -0.3 is 26.0 Å². The van der Waals surface area contributed by atoms with E-state index in [9.17, 15) is 19.2 Å². The first-order chi connectivity index (χ1) is 19.0. The minimum Gasteiger partial charge on any atom is -0.444 e. The summed E-state index contributed by atoms with van der Waals surface area (Å²) in [4.78, 5) is 54.0. The van der Waals surface area contributed by atoms with Crippen molar-refractivity contribution in [1.82, 2.24) is 15.5 Å². The van der Waals surface area contributed by atoms with Crippen molar-refractivity contribution < 1.29 is 23.9 Å². The summed E-state index contributed by atoms with van der Waals surface area (Å²) < 4.78 is 5.40. The van der Waals surface area contributed by atoms with Gasteiger partial charge in [-0.15, -0.1) is 0 Å². The van der Waals surface area contributed by atoms with E-state index in [2.05, 4.69) is 17.6 Å². The molecule has 1 aliphatic rings. The maximum atomic E-state index is 14.2. The molecule has 0 spiro atoms. The van der Waals surface area contributed by atoms with Gasteiger partial charge in [-0.2, -0.15) is 0 Å². The van der Waals surface area contributed by atoms with Gasteiger partial charge in [-0.3, -0.25) is 14.4 Å². The van der Waals surface area contributed by atoms with Gasteiger partial charge in [0, 0.05) is 19.0 Å². The van der Waals surface area contributed by atoms with Gasteiger partial charge in [0.05, 0.1) is 0 Å². The summed E-state index contributed by atoms with van der Waals surface area (Å²) in [5, 5.41) is 5.65. The van der Waals surface area contributed by atoms with E-state index in [4.69, 9.17) is 10.5 Å². The molecule has 1 saturated carbocycles. The highest BCUT2D eigenvalue weighted by Gasteiger charge is 2.42. The average molecular weight is 551 g/mol. The number of nitrogens with one attached hydrogen (secondary N) is 2. The average Bonchev–Trinajstić information content (AvgIpc) is 2.87. The van der Waals surface area contributed by atoms with Crippen LogP contribution in [0.3, 0.4) is 0 Å². The first-order valence-electron chi connectivity index (χ1n) is 14.0. The van der Waals surface area contributed by atoms with E-state index in [1.165, 1.54) is 0 Å². The van der Waals surface area contributed by atoms with Crippen molar-refractivity contribution in [2.24, 2.45) is 5.73 Å². The molecule has 1 fully saturated rings. The molecule has 0 bridgehead atoms. The Morgan fingerprint density at radius 3 is 2.17 bits per heavy atom. The van der Waals surface area contributed by atoms with Crippen molar-refractivity contribution in [1.29, 1.82) is 0 Å². The summed E-state index contributed by atoms with van der Waals surface area (Å²) in [5.74, 6) is -1.36. The monoisotopic (exact) mass is 550 g/mol. The third-order valence-electron chi connectivity index (χ3n) is 6.93. The smallest absolute Gasteiger partial charge is 0.408 e. The quantitative estimate of drug-likeness (QED) is 0.366. The Kier molecular flexibility index (Phi) is 10.7. The van der Waals surface area contributed by atoms with Gasteiger partial charge >= 0.3 is 6.09 Å². The fourth-order valence-electron chi connectivity index (χ4n) is 4.61. The molecule has 216 valence electrons. The van der Waals surface area contributed by atoms with Crippen LogP contribution in [0.2, 0.25) is 0 Å². The number of hydrogen-bond donors (Lipinski definition) is 3. The second-order valence-electron chi connectivity index (χ2n) is 11.2. The van der Waals surface area contributed by atoms with Crippen molar-refractivity contribution >= 4 is 23.8 Å². The number of ether oxygens (including phenoxy) is 1. The molecule has 2 unspecified atom stereocenters. The van der Waals surface area contributed by atoms with Crippen LogP contribution in [0.1, 0.15) is 82.5 Å². The highest BCUT2D eigenvalue weighted by Crippen LogP contribution is 2.34. The standard InChI is InChI=1S/C31H42N4O5/c1-5-21-14-16-23(17-15-21)27(28(37)33-20-22-10-7-6-8-11-22)35(24-12-9-13-24)29(38)25(18-19-26(32)36)34-30(39)40-31(2,3)4/h6-8,10-11,14-17,24-25,27H,5,9,12-13,18-20H2,1-4H3,(H2,32,36)(H,33,37)(H,34,39). The number of rotatable bonds is 12. The van der Waals surface area contributed by atoms with Crippen LogP contribution in [-0.4, -0.2) is 46.4 Å². The normalized spacial score (nSPS) is 14.8. The molecule has 0 saturated heterocycles. The Bertz CT molecular complexity index is 1160. The molecule has 4 amide bonds. The van der Waals surface area contributed by atoms with Gasteiger partial charge in [0.2, 0.25) is 17.7 Å². The van der Waals surface area contributed by atoms with Gasteiger partial charge in [-0.25, -0.2) is 4.79 Å². The molecule has 0 aliphatic heterocycles.